The first-order valence-corrected chi connectivity index (χ1v) is 9.27. The Morgan fingerprint density at radius 1 is 1.25 bits per heavy atom. The van der Waals surface area contributed by atoms with E-state index in [4.69, 9.17) is 10.5 Å². The van der Waals surface area contributed by atoms with E-state index in [-0.39, 0.29) is 30.4 Å². The van der Waals surface area contributed by atoms with Crippen LogP contribution in [0.3, 0.4) is 0 Å². The lowest BCUT2D eigenvalue weighted by molar-refractivity contribution is -0.155. The molecule has 1 aliphatic rings. The van der Waals surface area contributed by atoms with Crippen LogP contribution in [-0.4, -0.2) is 53.6 Å². The topological polar surface area (TPSA) is 105 Å². The van der Waals surface area contributed by atoms with Crippen molar-refractivity contribution < 1.29 is 19.1 Å². The smallest absolute Gasteiger partial charge is 0.306 e. The maximum absolute atomic E-state index is 12.7. The highest BCUT2D eigenvalue weighted by atomic mass is 16.6. The molecule has 8 heteroatoms. The first-order chi connectivity index (χ1) is 13.1. The number of benzene rings is 1. The Kier molecular flexibility index (Phi) is 6.77. The van der Waals surface area contributed by atoms with Crippen LogP contribution in [0.5, 0.6) is 0 Å². The summed E-state index contributed by atoms with van der Waals surface area (Å²) in [7, 11) is 1.64. The molecule has 1 unspecified atom stereocenters. The Bertz CT molecular complexity index is 755. The minimum absolute atomic E-state index is 0.152. The molecular formula is C20H28N4O4. The van der Waals surface area contributed by atoms with Gasteiger partial charge in [0.15, 0.2) is 0 Å². The van der Waals surface area contributed by atoms with Crippen LogP contribution in [0.2, 0.25) is 0 Å². The highest BCUT2D eigenvalue weighted by Gasteiger charge is 2.35. The molecule has 1 aromatic carbocycles. The minimum atomic E-state index is -0.698. The second kappa shape index (κ2) is 8.86. The summed E-state index contributed by atoms with van der Waals surface area (Å²) in [5.74, 6) is -1.12. The number of carbonyl (C=O) groups is 3. The summed E-state index contributed by atoms with van der Waals surface area (Å²) in [5, 5.41) is 5.83. The van der Waals surface area contributed by atoms with Gasteiger partial charge in [0.25, 0.3) is 5.91 Å². The first-order valence-electron chi connectivity index (χ1n) is 9.27. The second-order valence-corrected chi connectivity index (χ2v) is 7.77. The lowest BCUT2D eigenvalue weighted by Gasteiger charge is -2.20. The van der Waals surface area contributed by atoms with Gasteiger partial charge in [-0.1, -0.05) is 18.2 Å². The average Bonchev–Trinajstić information content (AvgIpc) is 3.05. The molecule has 1 atom stereocenters. The van der Waals surface area contributed by atoms with Crippen LogP contribution in [0.1, 0.15) is 40.0 Å². The number of esters is 1. The van der Waals surface area contributed by atoms with Crippen LogP contribution < -0.4 is 10.7 Å². The number of nitrogens with zero attached hydrogens (tertiary/aromatic N) is 3. The number of hydrazone groups is 1. The van der Waals surface area contributed by atoms with Gasteiger partial charge >= 0.3 is 5.97 Å². The number of hydrogen-bond acceptors (Lipinski definition) is 6. The van der Waals surface area contributed by atoms with E-state index in [0.29, 0.717) is 18.7 Å². The van der Waals surface area contributed by atoms with Crippen molar-refractivity contribution in [2.24, 2.45) is 10.8 Å². The Balaban J connectivity index is 1.97. The number of anilines is 1. The molecule has 0 spiro atoms. The Labute approximate surface area is 165 Å². The molecule has 0 radical (unpaired) electrons. The summed E-state index contributed by atoms with van der Waals surface area (Å²) in [6, 6.07) is 8.41. The monoisotopic (exact) mass is 388 g/mol. The number of hydrogen-bond donors (Lipinski definition) is 1. The zero-order valence-electron chi connectivity index (χ0n) is 16.8. The predicted molar refractivity (Wildman–Crippen MR) is 107 cm³/mol. The molecule has 0 aliphatic carbocycles. The van der Waals surface area contributed by atoms with E-state index in [1.807, 2.05) is 39.0 Å². The van der Waals surface area contributed by atoms with Gasteiger partial charge in [0, 0.05) is 26.4 Å². The van der Waals surface area contributed by atoms with Crippen molar-refractivity contribution in [2.45, 2.75) is 51.7 Å². The predicted octanol–water partition coefficient (Wildman–Crippen LogP) is 1.69. The highest BCUT2D eigenvalue weighted by molar-refractivity contribution is 6.40. The van der Waals surface area contributed by atoms with E-state index < -0.39 is 17.6 Å². The molecule has 1 heterocycles. The lowest BCUT2D eigenvalue weighted by Crippen LogP contribution is -2.40. The first kappa shape index (κ1) is 21.4. The van der Waals surface area contributed by atoms with Gasteiger partial charge in [-0.05, 0) is 39.3 Å². The van der Waals surface area contributed by atoms with Gasteiger partial charge < -0.3 is 15.4 Å². The Morgan fingerprint density at radius 3 is 2.46 bits per heavy atom. The molecule has 2 amide bonds. The molecule has 1 aliphatic heterocycles. The zero-order chi connectivity index (χ0) is 20.9. The van der Waals surface area contributed by atoms with Crippen LogP contribution in [0.15, 0.2) is 35.4 Å². The third-order valence-corrected chi connectivity index (χ3v) is 4.15. The standard InChI is InChI=1S/C20H28N4O4/c1-20(2,3)28-17(25)11-8-12-23(4)19(27)15-13-16(18(21)26)24(22-15)14-9-6-5-7-10-14/h5-7,9-10,16H,8,11-13H2,1-4H3,(H2,21,26). The van der Waals surface area contributed by atoms with Gasteiger partial charge in [-0.2, -0.15) is 5.10 Å². The van der Waals surface area contributed by atoms with Gasteiger partial charge in [-0.25, -0.2) is 0 Å². The van der Waals surface area contributed by atoms with Crippen LogP contribution in [-0.2, 0) is 19.1 Å². The number of amides is 2. The quantitative estimate of drug-likeness (QED) is 0.716. The van der Waals surface area contributed by atoms with Gasteiger partial charge in [-0.3, -0.25) is 19.4 Å². The van der Waals surface area contributed by atoms with Crippen LogP contribution in [0, 0.1) is 0 Å². The molecule has 152 valence electrons. The second-order valence-electron chi connectivity index (χ2n) is 7.77. The summed E-state index contributed by atoms with van der Waals surface area (Å²) in [4.78, 5) is 37.8. The fourth-order valence-corrected chi connectivity index (χ4v) is 2.85. The van der Waals surface area contributed by atoms with E-state index in [2.05, 4.69) is 5.10 Å². The van der Waals surface area contributed by atoms with E-state index in [1.165, 1.54) is 9.91 Å². The number of primary amides is 1. The molecule has 2 N–H and O–H groups in total. The summed E-state index contributed by atoms with van der Waals surface area (Å²) < 4.78 is 5.26. The number of carbonyl (C=O) groups excluding carboxylic acids is 3. The fraction of sp³-hybridized carbons (Fsp3) is 0.500. The maximum atomic E-state index is 12.7. The normalized spacial score (nSPS) is 16.5. The van der Waals surface area contributed by atoms with Crippen molar-refractivity contribution >= 4 is 29.2 Å². The third kappa shape index (κ3) is 5.80. The summed E-state index contributed by atoms with van der Waals surface area (Å²) in [6.07, 6.45) is 0.854. The van der Waals surface area contributed by atoms with E-state index >= 15 is 0 Å². The van der Waals surface area contributed by atoms with Crippen molar-refractivity contribution in [2.75, 3.05) is 18.6 Å². The highest BCUT2D eigenvalue weighted by Crippen LogP contribution is 2.24. The molecule has 1 aromatic rings. The number of nitrogens with two attached hydrogens (primary N) is 1. The van der Waals surface area contributed by atoms with Crippen molar-refractivity contribution in [3.63, 3.8) is 0 Å². The molecule has 8 nitrogen and oxygen atoms in total. The van der Waals surface area contributed by atoms with Crippen LogP contribution in [0.4, 0.5) is 5.69 Å². The molecule has 0 bridgehead atoms. The summed E-state index contributed by atoms with van der Waals surface area (Å²) in [6.45, 7) is 5.81. The van der Waals surface area contributed by atoms with Crippen LogP contribution in [0.25, 0.3) is 0 Å². The third-order valence-electron chi connectivity index (χ3n) is 4.15. The zero-order valence-corrected chi connectivity index (χ0v) is 16.8. The molecule has 0 aromatic heterocycles. The Morgan fingerprint density at radius 2 is 1.89 bits per heavy atom. The number of ether oxygens (including phenoxy) is 1. The van der Waals surface area contributed by atoms with Gasteiger partial charge in [-0.15, -0.1) is 0 Å². The molecule has 0 saturated heterocycles. The molecule has 0 saturated carbocycles. The Hall–Kier alpha value is -2.90. The fourth-order valence-electron chi connectivity index (χ4n) is 2.85. The SMILES string of the molecule is CN(CCCC(=O)OC(C)(C)C)C(=O)C1=NN(c2ccccc2)C(C(N)=O)C1. The van der Waals surface area contributed by atoms with Gasteiger partial charge in [0.1, 0.15) is 17.4 Å². The molecular weight excluding hydrogens is 360 g/mol. The number of para-hydroxylation sites is 1. The van der Waals surface area contributed by atoms with Crippen molar-refractivity contribution in [1.82, 2.24) is 4.90 Å². The summed E-state index contributed by atoms with van der Waals surface area (Å²) >= 11 is 0. The van der Waals surface area contributed by atoms with E-state index in [9.17, 15) is 14.4 Å². The van der Waals surface area contributed by atoms with Crippen molar-refractivity contribution in [1.29, 1.82) is 0 Å². The molecule has 28 heavy (non-hydrogen) atoms. The largest absolute Gasteiger partial charge is 0.460 e. The average molecular weight is 388 g/mol. The lowest BCUT2D eigenvalue weighted by atomic mass is 10.1. The van der Waals surface area contributed by atoms with Crippen molar-refractivity contribution in [3.8, 4) is 0 Å². The molecule has 0 fully saturated rings. The van der Waals surface area contributed by atoms with Crippen LogP contribution >= 0.6 is 0 Å². The van der Waals surface area contributed by atoms with Crippen molar-refractivity contribution in [3.05, 3.63) is 30.3 Å². The van der Waals surface area contributed by atoms with Gasteiger partial charge in [0.05, 0.1) is 5.69 Å². The van der Waals surface area contributed by atoms with E-state index in [1.54, 1.807) is 19.2 Å². The molecule has 2 rings (SSSR count). The van der Waals surface area contributed by atoms with Gasteiger partial charge in [0.2, 0.25) is 5.91 Å². The number of rotatable bonds is 7. The summed E-state index contributed by atoms with van der Waals surface area (Å²) in [5.41, 5.74) is 5.94. The maximum Gasteiger partial charge on any atom is 0.306 e. The van der Waals surface area contributed by atoms with E-state index in [0.717, 1.165) is 0 Å². The minimum Gasteiger partial charge on any atom is -0.460 e.